The van der Waals surface area contributed by atoms with Gasteiger partial charge in [0.1, 0.15) is 6.61 Å². The average Bonchev–Trinajstić information content (AvgIpc) is 2.73. The maximum atomic E-state index is 8.59. The fourth-order valence-corrected chi connectivity index (χ4v) is 2.24. The van der Waals surface area contributed by atoms with Gasteiger partial charge in [0.25, 0.3) is 0 Å². The lowest BCUT2D eigenvalue weighted by Crippen LogP contribution is -1.96. The first-order valence-electron chi connectivity index (χ1n) is 5.98. The summed E-state index contributed by atoms with van der Waals surface area (Å²) in [6.07, 6.45) is 2.35. The molecule has 0 aliphatic rings. The summed E-state index contributed by atoms with van der Waals surface area (Å²) in [6.45, 7) is 5.87. The van der Waals surface area contributed by atoms with Gasteiger partial charge in [0, 0.05) is 11.5 Å². The van der Waals surface area contributed by atoms with E-state index < -0.39 is 0 Å². The van der Waals surface area contributed by atoms with Crippen LogP contribution in [0.1, 0.15) is 36.4 Å². The molecule has 0 atom stereocenters. The summed E-state index contributed by atoms with van der Waals surface area (Å²) in [5.41, 5.74) is 0. The molecular formula is C14H20O2S. The topological polar surface area (TPSA) is 29.5 Å². The second-order valence-electron chi connectivity index (χ2n) is 4.31. The van der Waals surface area contributed by atoms with Crippen molar-refractivity contribution in [3.05, 3.63) is 21.9 Å². The standard InChI is InChI=1S/C14H20O2S/c1-12(2)5-4-10-16-11-14-8-7-13(17-14)6-3-9-15/h7-8,12,15H,4-5,9-11H2,1-2H3. The SMILES string of the molecule is CC(C)CCCOCc1ccc(C#CCO)s1. The van der Waals surface area contributed by atoms with Crippen LogP contribution in [0.25, 0.3) is 0 Å². The van der Waals surface area contributed by atoms with Gasteiger partial charge in [0.2, 0.25) is 0 Å². The molecule has 0 bridgehead atoms. The van der Waals surface area contributed by atoms with Crippen molar-refractivity contribution in [1.82, 2.24) is 0 Å². The summed E-state index contributed by atoms with van der Waals surface area (Å²) in [6, 6.07) is 4.01. The minimum atomic E-state index is -0.0844. The molecule has 94 valence electrons. The van der Waals surface area contributed by atoms with Crippen LogP contribution in [0.5, 0.6) is 0 Å². The Morgan fingerprint density at radius 2 is 2.24 bits per heavy atom. The molecule has 0 radical (unpaired) electrons. The minimum absolute atomic E-state index is 0.0844. The highest BCUT2D eigenvalue weighted by atomic mass is 32.1. The molecule has 0 unspecified atom stereocenters. The highest BCUT2D eigenvalue weighted by Gasteiger charge is 1.99. The average molecular weight is 252 g/mol. The van der Waals surface area contributed by atoms with Crippen LogP contribution in [0.4, 0.5) is 0 Å². The van der Waals surface area contributed by atoms with Crippen molar-refractivity contribution in [3.63, 3.8) is 0 Å². The molecule has 3 heteroatoms. The number of aliphatic hydroxyl groups excluding tert-OH is 1. The van der Waals surface area contributed by atoms with Gasteiger partial charge in [-0.15, -0.1) is 11.3 Å². The molecule has 0 fully saturated rings. The van der Waals surface area contributed by atoms with Gasteiger partial charge < -0.3 is 9.84 Å². The third kappa shape index (κ3) is 6.48. The first-order chi connectivity index (χ1) is 8.22. The van der Waals surface area contributed by atoms with Crippen molar-refractivity contribution in [3.8, 4) is 11.8 Å². The van der Waals surface area contributed by atoms with Crippen LogP contribution in [-0.4, -0.2) is 18.3 Å². The Bertz CT molecular complexity index is 371. The summed E-state index contributed by atoms with van der Waals surface area (Å²) in [5, 5.41) is 8.59. The number of aliphatic hydroxyl groups is 1. The van der Waals surface area contributed by atoms with Crippen molar-refractivity contribution >= 4 is 11.3 Å². The van der Waals surface area contributed by atoms with E-state index in [2.05, 4.69) is 25.7 Å². The maximum Gasteiger partial charge on any atom is 0.104 e. The lowest BCUT2D eigenvalue weighted by molar-refractivity contribution is 0.117. The van der Waals surface area contributed by atoms with Gasteiger partial charge >= 0.3 is 0 Å². The van der Waals surface area contributed by atoms with Gasteiger partial charge in [-0.3, -0.25) is 0 Å². The van der Waals surface area contributed by atoms with E-state index in [0.717, 1.165) is 23.8 Å². The van der Waals surface area contributed by atoms with Crippen molar-refractivity contribution < 1.29 is 9.84 Å². The largest absolute Gasteiger partial charge is 0.384 e. The van der Waals surface area contributed by atoms with Gasteiger partial charge in [-0.25, -0.2) is 0 Å². The van der Waals surface area contributed by atoms with Gasteiger partial charge in [0.15, 0.2) is 0 Å². The van der Waals surface area contributed by atoms with Crippen molar-refractivity contribution in [1.29, 1.82) is 0 Å². The van der Waals surface area contributed by atoms with E-state index in [0.29, 0.717) is 6.61 Å². The Labute approximate surface area is 108 Å². The van der Waals surface area contributed by atoms with Crippen LogP contribution >= 0.6 is 11.3 Å². The summed E-state index contributed by atoms with van der Waals surface area (Å²) >= 11 is 1.63. The van der Waals surface area contributed by atoms with Crippen molar-refractivity contribution in [2.45, 2.75) is 33.3 Å². The highest BCUT2D eigenvalue weighted by Crippen LogP contribution is 2.16. The number of thiophene rings is 1. The Balaban J connectivity index is 2.21. The fraction of sp³-hybridized carbons (Fsp3) is 0.571. The molecule has 0 spiro atoms. The molecule has 1 aromatic heterocycles. The van der Waals surface area contributed by atoms with E-state index >= 15 is 0 Å². The zero-order valence-electron chi connectivity index (χ0n) is 10.5. The molecule has 0 aliphatic heterocycles. The zero-order chi connectivity index (χ0) is 12.5. The number of ether oxygens (including phenoxy) is 1. The molecule has 0 aromatic carbocycles. The quantitative estimate of drug-likeness (QED) is 0.623. The lowest BCUT2D eigenvalue weighted by Gasteiger charge is -2.04. The zero-order valence-corrected chi connectivity index (χ0v) is 11.3. The molecule has 1 N–H and O–H groups in total. The molecule has 2 nitrogen and oxygen atoms in total. The number of rotatable bonds is 6. The van der Waals surface area contributed by atoms with Gasteiger partial charge in [-0.2, -0.15) is 0 Å². The van der Waals surface area contributed by atoms with E-state index in [1.54, 1.807) is 11.3 Å². The third-order valence-corrected chi connectivity index (χ3v) is 3.24. The summed E-state index contributed by atoms with van der Waals surface area (Å²) in [7, 11) is 0. The Kier molecular flexibility index (Phi) is 6.95. The van der Waals surface area contributed by atoms with Crippen LogP contribution in [0.3, 0.4) is 0 Å². The second-order valence-corrected chi connectivity index (χ2v) is 5.48. The van der Waals surface area contributed by atoms with E-state index in [9.17, 15) is 0 Å². The van der Waals surface area contributed by atoms with Gasteiger partial charge in [-0.05, 0) is 30.9 Å². The predicted molar refractivity (Wildman–Crippen MR) is 72.0 cm³/mol. The predicted octanol–water partition coefficient (Wildman–Crippen LogP) is 3.04. The van der Waals surface area contributed by atoms with Crippen LogP contribution in [0, 0.1) is 17.8 Å². The summed E-state index contributed by atoms with van der Waals surface area (Å²) in [5.74, 6) is 6.29. The lowest BCUT2D eigenvalue weighted by atomic mass is 10.1. The molecule has 1 heterocycles. The van der Waals surface area contributed by atoms with Crippen LogP contribution in [-0.2, 0) is 11.3 Å². The first kappa shape index (κ1) is 14.2. The van der Waals surface area contributed by atoms with E-state index in [4.69, 9.17) is 9.84 Å². The monoisotopic (exact) mass is 252 g/mol. The number of hydrogen-bond acceptors (Lipinski definition) is 3. The highest BCUT2D eigenvalue weighted by molar-refractivity contribution is 7.12. The first-order valence-corrected chi connectivity index (χ1v) is 6.80. The van der Waals surface area contributed by atoms with Crippen LogP contribution < -0.4 is 0 Å². The number of hydrogen-bond donors (Lipinski definition) is 1. The molecule has 0 saturated carbocycles. The third-order valence-electron chi connectivity index (χ3n) is 2.27. The molecule has 0 aliphatic carbocycles. The summed E-state index contributed by atoms with van der Waals surface area (Å²) in [4.78, 5) is 2.18. The fourth-order valence-electron chi connectivity index (χ4n) is 1.42. The molecule has 0 amide bonds. The second kappa shape index (κ2) is 8.30. The van der Waals surface area contributed by atoms with Crippen molar-refractivity contribution in [2.75, 3.05) is 13.2 Å². The molecule has 1 aromatic rings. The smallest absolute Gasteiger partial charge is 0.104 e. The van der Waals surface area contributed by atoms with E-state index in [1.165, 1.54) is 11.3 Å². The van der Waals surface area contributed by atoms with Gasteiger partial charge in [0.05, 0.1) is 11.5 Å². The minimum Gasteiger partial charge on any atom is -0.384 e. The van der Waals surface area contributed by atoms with Crippen molar-refractivity contribution in [2.24, 2.45) is 5.92 Å². The molecular weight excluding hydrogens is 232 g/mol. The molecule has 17 heavy (non-hydrogen) atoms. The molecule has 1 rings (SSSR count). The van der Waals surface area contributed by atoms with E-state index in [-0.39, 0.29) is 6.61 Å². The maximum absolute atomic E-state index is 8.59. The Morgan fingerprint density at radius 3 is 2.94 bits per heavy atom. The van der Waals surface area contributed by atoms with Crippen LogP contribution in [0.2, 0.25) is 0 Å². The Hall–Kier alpha value is -0.820. The van der Waals surface area contributed by atoms with Crippen LogP contribution in [0.15, 0.2) is 12.1 Å². The normalized spacial score (nSPS) is 10.4. The molecule has 0 saturated heterocycles. The summed E-state index contributed by atoms with van der Waals surface area (Å²) < 4.78 is 5.60. The Morgan fingerprint density at radius 1 is 1.41 bits per heavy atom. The van der Waals surface area contributed by atoms with Gasteiger partial charge in [-0.1, -0.05) is 25.7 Å². The van der Waals surface area contributed by atoms with E-state index in [1.807, 2.05) is 12.1 Å².